The molecule has 0 bridgehead atoms. The molecule has 2 heterocycles. The molecule has 0 saturated carbocycles. The number of nitrogens with zero attached hydrogens (tertiary/aromatic N) is 2. The minimum absolute atomic E-state index is 0.0610. The van der Waals surface area contributed by atoms with E-state index in [1.165, 1.54) is 18.9 Å². The number of aromatic nitrogens is 2. The molecule has 4 rings (SSSR count). The van der Waals surface area contributed by atoms with Crippen molar-refractivity contribution in [3.8, 4) is 0 Å². The Balaban J connectivity index is 1.55. The van der Waals surface area contributed by atoms with Gasteiger partial charge in [0.1, 0.15) is 13.1 Å². The van der Waals surface area contributed by atoms with Crippen LogP contribution in [0.2, 0.25) is 0 Å². The van der Waals surface area contributed by atoms with Crippen LogP contribution in [-0.2, 0) is 41.4 Å². The largest absolute Gasteiger partial charge is 0.454 e. The predicted octanol–water partition coefficient (Wildman–Crippen LogP) is 3.57. The second kappa shape index (κ2) is 13.1. The van der Waals surface area contributed by atoms with Crippen LogP contribution in [0.3, 0.4) is 0 Å². The van der Waals surface area contributed by atoms with Crippen LogP contribution in [0.4, 0.5) is 0 Å². The molecule has 2 unspecified atom stereocenters. The Labute approximate surface area is 225 Å². The van der Waals surface area contributed by atoms with E-state index < -0.39 is 43.2 Å². The summed E-state index contributed by atoms with van der Waals surface area (Å²) in [5.41, 5.74) is -0.0650. The Hall–Kier alpha value is -3.34. The summed E-state index contributed by atoms with van der Waals surface area (Å²) in [4.78, 5) is 38.7. The molecule has 0 radical (unpaired) electrons. The van der Waals surface area contributed by atoms with Gasteiger partial charge in [-0.15, -0.1) is 0 Å². The van der Waals surface area contributed by atoms with Gasteiger partial charge in [0.05, 0.1) is 18.8 Å². The summed E-state index contributed by atoms with van der Waals surface area (Å²) in [5, 5.41) is 0. The van der Waals surface area contributed by atoms with Crippen molar-refractivity contribution in [3.05, 3.63) is 105 Å². The van der Waals surface area contributed by atoms with E-state index >= 15 is 0 Å². The summed E-state index contributed by atoms with van der Waals surface area (Å²) in [6, 6.07) is 18.9. The Morgan fingerprint density at radius 1 is 1.05 bits per heavy atom. The van der Waals surface area contributed by atoms with Crippen molar-refractivity contribution < 1.29 is 32.8 Å². The SMILES string of the molecule is CCOP(C)(=O)CO[C@@H]1CC(OC(=O)c2ccccc2)[C@H](n2ccc(=O)n(COCc3ccccc3)c2=O)O1. The topological polar surface area (TPSA) is 124 Å². The van der Waals surface area contributed by atoms with Crippen LogP contribution >= 0.6 is 7.37 Å². The van der Waals surface area contributed by atoms with Crippen molar-refractivity contribution in [2.45, 2.75) is 45.3 Å². The van der Waals surface area contributed by atoms with Gasteiger partial charge in [0.25, 0.3) is 5.56 Å². The van der Waals surface area contributed by atoms with E-state index in [0.717, 1.165) is 14.7 Å². The number of benzene rings is 2. The van der Waals surface area contributed by atoms with Gasteiger partial charge < -0.3 is 23.5 Å². The quantitative estimate of drug-likeness (QED) is 0.242. The number of hydrogen-bond acceptors (Lipinski definition) is 9. The molecule has 0 spiro atoms. The zero-order valence-electron chi connectivity index (χ0n) is 21.7. The van der Waals surface area contributed by atoms with E-state index in [1.807, 2.05) is 30.3 Å². The average molecular weight is 559 g/mol. The van der Waals surface area contributed by atoms with Crippen molar-refractivity contribution in [1.82, 2.24) is 9.13 Å². The van der Waals surface area contributed by atoms with E-state index in [2.05, 4.69) is 0 Å². The summed E-state index contributed by atoms with van der Waals surface area (Å²) in [5.74, 6) is -0.613. The highest BCUT2D eigenvalue weighted by Crippen LogP contribution is 2.43. The Kier molecular flexibility index (Phi) is 9.66. The number of carbonyl (C=O) groups is 1. The lowest BCUT2D eigenvalue weighted by molar-refractivity contribution is -0.147. The molecule has 3 aromatic rings. The molecule has 1 fully saturated rings. The van der Waals surface area contributed by atoms with Crippen LogP contribution in [0.5, 0.6) is 0 Å². The first-order valence-electron chi connectivity index (χ1n) is 12.4. The van der Waals surface area contributed by atoms with E-state index in [9.17, 15) is 18.9 Å². The average Bonchev–Trinajstić information content (AvgIpc) is 3.32. The highest BCUT2D eigenvalue weighted by atomic mass is 31.2. The van der Waals surface area contributed by atoms with Crippen molar-refractivity contribution in [1.29, 1.82) is 0 Å². The molecule has 1 aliphatic heterocycles. The molecule has 12 heteroatoms. The molecule has 39 heavy (non-hydrogen) atoms. The summed E-state index contributed by atoms with van der Waals surface area (Å²) in [6.07, 6.45) is -1.89. The van der Waals surface area contributed by atoms with Crippen molar-refractivity contribution in [3.63, 3.8) is 0 Å². The first kappa shape index (κ1) is 28.7. The first-order chi connectivity index (χ1) is 18.8. The van der Waals surface area contributed by atoms with Gasteiger partial charge in [-0.2, -0.15) is 0 Å². The monoisotopic (exact) mass is 558 g/mol. The molecule has 4 atom stereocenters. The normalized spacial score (nSPS) is 20.4. The van der Waals surface area contributed by atoms with Crippen LogP contribution in [0.1, 0.15) is 35.5 Å². The summed E-state index contributed by atoms with van der Waals surface area (Å²) in [7, 11) is -3.03. The Morgan fingerprint density at radius 2 is 1.74 bits per heavy atom. The van der Waals surface area contributed by atoms with E-state index in [1.54, 1.807) is 37.3 Å². The molecule has 1 aliphatic rings. The maximum Gasteiger partial charge on any atom is 0.338 e. The molecule has 0 N–H and O–H groups in total. The fourth-order valence-corrected chi connectivity index (χ4v) is 5.10. The third-order valence-corrected chi connectivity index (χ3v) is 7.32. The van der Waals surface area contributed by atoms with Gasteiger partial charge in [-0.3, -0.25) is 13.9 Å². The minimum Gasteiger partial charge on any atom is -0.454 e. The van der Waals surface area contributed by atoms with Gasteiger partial charge in [-0.05, 0) is 24.6 Å². The fourth-order valence-electron chi connectivity index (χ4n) is 4.04. The summed E-state index contributed by atoms with van der Waals surface area (Å²) in [6.45, 7) is 3.34. The van der Waals surface area contributed by atoms with Gasteiger partial charge in [-0.1, -0.05) is 48.5 Å². The summed E-state index contributed by atoms with van der Waals surface area (Å²) < 4.78 is 42.8. The third-order valence-electron chi connectivity index (χ3n) is 5.90. The maximum atomic E-state index is 13.3. The van der Waals surface area contributed by atoms with E-state index in [4.69, 9.17) is 23.5 Å². The first-order valence-corrected chi connectivity index (χ1v) is 14.7. The van der Waals surface area contributed by atoms with E-state index in [-0.39, 0.29) is 32.7 Å². The van der Waals surface area contributed by atoms with Gasteiger partial charge in [0, 0.05) is 25.3 Å². The smallest absolute Gasteiger partial charge is 0.338 e. The number of hydrogen-bond donors (Lipinski definition) is 0. The van der Waals surface area contributed by atoms with Gasteiger partial charge in [0.2, 0.25) is 7.37 Å². The molecule has 1 aromatic heterocycles. The van der Waals surface area contributed by atoms with Gasteiger partial charge >= 0.3 is 11.7 Å². The highest BCUT2D eigenvalue weighted by Gasteiger charge is 2.41. The molecular formula is C27H31N2O9P. The third kappa shape index (κ3) is 7.62. The molecule has 0 aliphatic carbocycles. The van der Waals surface area contributed by atoms with Gasteiger partial charge in [0.15, 0.2) is 18.6 Å². The fraction of sp³-hybridized carbons (Fsp3) is 0.370. The number of rotatable bonds is 12. The Bertz CT molecular complexity index is 1410. The number of carbonyl (C=O) groups excluding carboxylic acids is 1. The van der Waals surface area contributed by atoms with Crippen LogP contribution in [0, 0.1) is 0 Å². The van der Waals surface area contributed by atoms with Crippen LogP contribution in [-0.4, -0.2) is 47.1 Å². The lowest BCUT2D eigenvalue weighted by Crippen LogP contribution is -2.43. The van der Waals surface area contributed by atoms with Crippen molar-refractivity contribution >= 4 is 13.3 Å². The zero-order chi connectivity index (χ0) is 27.8. The van der Waals surface area contributed by atoms with Crippen molar-refractivity contribution in [2.24, 2.45) is 0 Å². The lowest BCUT2D eigenvalue weighted by atomic mass is 10.2. The molecule has 11 nitrogen and oxygen atoms in total. The second-order valence-corrected chi connectivity index (χ2v) is 11.5. The minimum atomic E-state index is -3.03. The predicted molar refractivity (Wildman–Crippen MR) is 141 cm³/mol. The van der Waals surface area contributed by atoms with E-state index in [0.29, 0.717) is 5.56 Å². The van der Waals surface area contributed by atoms with Gasteiger partial charge in [-0.25, -0.2) is 14.2 Å². The second-order valence-electron chi connectivity index (χ2n) is 8.96. The van der Waals surface area contributed by atoms with Crippen LogP contribution in [0.25, 0.3) is 0 Å². The zero-order valence-corrected chi connectivity index (χ0v) is 22.6. The van der Waals surface area contributed by atoms with Crippen LogP contribution < -0.4 is 11.2 Å². The van der Waals surface area contributed by atoms with Crippen molar-refractivity contribution in [2.75, 3.05) is 19.6 Å². The molecular weight excluding hydrogens is 527 g/mol. The lowest BCUT2D eigenvalue weighted by Gasteiger charge is -2.22. The highest BCUT2D eigenvalue weighted by molar-refractivity contribution is 7.57. The summed E-state index contributed by atoms with van der Waals surface area (Å²) >= 11 is 0. The molecule has 208 valence electrons. The molecule has 1 saturated heterocycles. The number of esters is 1. The molecule has 2 aromatic carbocycles. The Morgan fingerprint density at radius 3 is 2.44 bits per heavy atom. The molecule has 0 amide bonds. The number of ether oxygens (including phenoxy) is 4. The standard InChI is InChI=1S/C27H31N2O9P/c1-3-36-39(2,33)19-35-24-16-22(37-26(31)21-12-8-5-9-13-21)25(38-24)28-15-14-23(30)29(27(28)32)18-34-17-20-10-6-4-7-11-20/h4-15,22,24-25H,3,16-19H2,1-2H3/t22?,24-,25+,39?/m0/s1. The van der Waals surface area contributed by atoms with Crippen LogP contribution in [0.15, 0.2) is 82.5 Å². The maximum absolute atomic E-state index is 13.3.